The van der Waals surface area contributed by atoms with Crippen molar-refractivity contribution in [2.75, 3.05) is 13.1 Å². The molecular weight excluding hydrogens is 274 g/mol. The maximum Gasteiger partial charge on any atom is 0.227 e. The standard InChI is InChI=1S/C15H19NOS2/c17-19(15-7-4-12-18-15)16-10-8-14(9-11-16)13-5-2-1-3-6-13/h2-7,12-14H,1,8-11H2. The second-order valence-corrected chi connectivity index (χ2v) is 7.78. The van der Waals surface area contributed by atoms with Crippen LogP contribution in [0.3, 0.4) is 0 Å². The van der Waals surface area contributed by atoms with Crippen molar-refractivity contribution >= 4 is 22.7 Å². The first-order valence-corrected chi connectivity index (χ1v) is 8.87. The summed E-state index contributed by atoms with van der Waals surface area (Å²) in [6.07, 6.45) is 12.6. The molecule has 0 aromatic carbocycles. The van der Waals surface area contributed by atoms with Gasteiger partial charge in [0.15, 0.2) is 0 Å². The molecule has 0 spiro atoms. The molecule has 3 rings (SSSR count). The minimum atomic E-state index is -0.943. The molecule has 102 valence electrons. The Labute approximate surface area is 122 Å². The first-order valence-electron chi connectivity index (χ1n) is 6.88. The summed E-state index contributed by atoms with van der Waals surface area (Å²) in [7, 11) is 0. The van der Waals surface area contributed by atoms with Crippen molar-refractivity contribution in [3.63, 3.8) is 0 Å². The monoisotopic (exact) mass is 293 g/mol. The van der Waals surface area contributed by atoms with Crippen LogP contribution >= 0.6 is 11.3 Å². The minimum Gasteiger partial charge on any atom is -0.592 e. The van der Waals surface area contributed by atoms with Crippen LogP contribution < -0.4 is 0 Å². The molecule has 0 saturated carbocycles. The number of hydrogen-bond acceptors (Lipinski definition) is 3. The van der Waals surface area contributed by atoms with Gasteiger partial charge in [0.2, 0.25) is 4.21 Å². The highest BCUT2D eigenvalue weighted by atomic mass is 32.2. The zero-order valence-corrected chi connectivity index (χ0v) is 12.5. The molecule has 2 nitrogen and oxygen atoms in total. The second kappa shape index (κ2) is 6.27. The van der Waals surface area contributed by atoms with Crippen molar-refractivity contribution < 1.29 is 4.55 Å². The predicted octanol–water partition coefficient (Wildman–Crippen LogP) is 3.62. The molecule has 1 saturated heterocycles. The van der Waals surface area contributed by atoms with Crippen LogP contribution in [0.2, 0.25) is 0 Å². The fourth-order valence-corrected chi connectivity index (χ4v) is 5.10. The van der Waals surface area contributed by atoms with Gasteiger partial charge in [-0.3, -0.25) is 0 Å². The van der Waals surface area contributed by atoms with Gasteiger partial charge in [-0.2, -0.15) is 0 Å². The Morgan fingerprint density at radius 2 is 1.95 bits per heavy atom. The SMILES string of the molecule is [O-][S+](c1cccs1)N1CCC(C2C=CCC=C2)CC1. The summed E-state index contributed by atoms with van der Waals surface area (Å²) in [4.78, 5) is 0. The van der Waals surface area contributed by atoms with Crippen LogP contribution in [0.4, 0.5) is 0 Å². The lowest BCUT2D eigenvalue weighted by Crippen LogP contribution is -2.39. The first kappa shape index (κ1) is 13.4. The number of thiophene rings is 1. The number of hydrogen-bond donors (Lipinski definition) is 0. The lowest BCUT2D eigenvalue weighted by molar-refractivity contribution is 0.250. The molecule has 2 aliphatic rings. The van der Waals surface area contributed by atoms with Crippen molar-refractivity contribution in [1.29, 1.82) is 0 Å². The molecular formula is C15H19NOS2. The highest BCUT2D eigenvalue weighted by Crippen LogP contribution is 2.31. The van der Waals surface area contributed by atoms with E-state index in [4.69, 9.17) is 0 Å². The van der Waals surface area contributed by atoms with Crippen LogP contribution in [0, 0.1) is 11.8 Å². The van der Waals surface area contributed by atoms with E-state index in [1.807, 2.05) is 17.5 Å². The third-order valence-corrected chi connectivity index (χ3v) is 6.63. The molecule has 0 bridgehead atoms. The largest absolute Gasteiger partial charge is 0.592 e. The molecule has 2 heterocycles. The average molecular weight is 293 g/mol. The normalized spacial score (nSPS) is 23.8. The smallest absolute Gasteiger partial charge is 0.227 e. The summed E-state index contributed by atoms with van der Waals surface area (Å²) in [6, 6.07) is 3.95. The van der Waals surface area contributed by atoms with E-state index >= 15 is 0 Å². The van der Waals surface area contributed by atoms with Crippen LogP contribution in [-0.4, -0.2) is 21.9 Å². The molecule has 1 fully saturated rings. The van der Waals surface area contributed by atoms with E-state index in [0.29, 0.717) is 5.92 Å². The third-order valence-electron chi connectivity index (χ3n) is 3.93. The van der Waals surface area contributed by atoms with Crippen LogP contribution in [0.15, 0.2) is 46.0 Å². The van der Waals surface area contributed by atoms with E-state index in [-0.39, 0.29) is 0 Å². The van der Waals surface area contributed by atoms with Crippen molar-refractivity contribution in [3.8, 4) is 0 Å². The van der Waals surface area contributed by atoms with E-state index in [0.717, 1.165) is 42.5 Å². The van der Waals surface area contributed by atoms with Gasteiger partial charge in [-0.15, -0.1) is 4.31 Å². The van der Waals surface area contributed by atoms with Gasteiger partial charge in [-0.1, -0.05) is 35.6 Å². The predicted molar refractivity (Wildman–Crippen MR) is 81.4 cm³/mol. The number of piperidine rings is 1. The quantitative estimate of drug-likeness (QED) is 0.628. The molecule has 0 N–H and O–H groups in total. The van der Waals surface area contributed by atoms with Crippen LogP contribution in [0.25, 0.3) is 0 Å². The number of allylic oxidation sites excluding steroid dienone is 4. The van der Waals surface area contributed by atoms with Gasteiger partial charge in [-0.25, -0.2) is 0 Å². The summed E-state index contributed by atoms with van der Waals surface area (Å²) in [5, 5.41) is 2.00. The fraction of sp³-hybridized carbons (Fsp3) is 0.467. The lowest BCUT2D eigenvalue weighted by atomic mass is 9.83. The number of rotatable bonds is 3. The van der Waals surface area contributed by atoms with Gasteiger partial charge in [0, 0.05) is 19.2 Å². The van der Waals surface area contributed by atoms with Crippen LogP contribution in [0.5, 0.6) is 0 Å². The average Bonchev–Trinajstić information content (AvgIpc) is 3.02. The summed E-state index contributed by atoms with van der Waals surface area (Å²) in [6.45, 7) is 1.90. The van der Waals surface area contributed by atoms with Crippen molar-refractivity contribution in [1.82, 2.24) is 4.31 Å². The molecule has 1 aliphatic heterocycles. The zero-order valence-electron chi connectivity index (χ0n) is 10.9. The highest BCUT2D eigenvalue weighted by molar-refractivity contribution is 7.91. The molecule has 0 amide bonds. The van der Waals surface area contributed by atoms with E-state index < -0.39 is 11.4 Å². The highest BCUT2D eigenvalue weighted by Gasteiger charge is 2.31. The summed E-state index contributed by atoms with van der Waals surface area (Å²) in [5.74, 6) is 1.33. The Balaban J connectivity index is 1.56. The molecule has 1 atom stereocenters. The van der Waals surface area contributed by atoms with Gasteiger partial charge in [0.1, 0.15) is 0 Å². The molecule has 4 heteroatoms. The topological polar surface area (TPSA) is 26.3 Å². The summed E-state index contributed by atoms with van der Waals surface area (Å²) in [5.41, 5.74) is 0. The molecule has 19 heavy (non-hydrogen) atoms. The lowest BCUT2D eigenvalue weighted by Gasteiger charge is -2.33. The maximum absolute atomic E-state index is 12.4. The molecule has 1 unspecified atom stereocenters. The van der Waals surface area contributed by atoms with E-state index in [1.54, 1.807) is 11.3 Å². The Morgan fingerprint density at radius 3 is 2.58 bits per heavy atom. The minimum absolute atomic E-state index is 0.603. The van der Waals surface area contributed by atoms with Crippen molar-refractivity contribution in [2.24, 2.45) is 11.8 Å². The first-order chi connectivity index (χ1) is 9.34. The van der Waals surface area contributed by atoms with Gasteiger partial charge in [0.25, 0.3) is 0 Å². The molecule has 1 aliphatic carbocycles. The van der Waals surface area contributed by atoms with Gasteiger partial charge >= 0.3 is 0 Å². The van der Waals surface area contributed by atoms with E-state index in [9.17, 15) is 4.55 Å². The summed E-state index contributed by atoms with van der Waals surface area (Å²) >= 11 is 0.647. The van der Waals surface area contributed by atoms with E-state index in [1.165, 1.54) is 0 Å². The van der Waals surface area contributed by atoms with Gasteiger partial charge in [0.05, 0.1) is 11.4 Å². The fourth-order valence-electron chi connectivity index (χ4n) is 2.84. The molecule has 1 aromatic rings. The van der Waals surface area contributed by atoms with Crippen molar-refractivity contribution in [2.45, 2.75) is 23.5 Å². The van der Waals surface area contributed by atoms with E-state index in [2.05, 4.69) is 28.6 Å². The summed E-state index contributed by atoms with van der Waals surface area (Å²) < 4.78 is 15.5. The Kier molecular flexibility index (Phi) is 4.43. The van der Waals surface area contributed by atoms with Crippen LogP contribution in [-0.2, 0) is 11.4 Å². The Hall–Kier alpha value is -0.550. The zero-order chi connectivity index (χ0) is 13.1. The van der Waals surface area contributed by atoms with Crippen LogP contribution in [0.1, 0.15) is 19.3 Å². The van der Waals surface area contributed by atoms with Gasteiger partial charge < -0.3 is 4.55 Å². The van der Waals surface area contributed by atoms with Gasteiger partial charge in [-0.05, 0) is 42.5 Å². The Bertz CT molecular complexity index is 435. The van der Waals surface area contributed by atoms with Crippen molar-refractivity contribution in [3.05, 3.63) is 41.8 Å². The maximum atomic E-state index is 12.4. The third kappa shape index (κ3) is 3.14. The number of nitrogens with zero attached hydrogens (tertiary/aromatic N) is 1. The second-order valence-electron chi connectivity index (χ2n) is 5.12. The molecule has 1 aromatic heterocycles. The molecule has 0 radical (unpaired) electrons. The Morgan fingerprint density at radius 1 is 1.21 bits per heavy atom.